The first-order valence-corrected chi connectivity index (χ1v) is 11.5. The minimum Gasteiger partial charge on any atom is -0.388 e. The zero-order valence-electron chi connectivity index (χ0n) is 17.8. The summed E-state index contributed by atoms with van der Waals surface area (Å²) in [6, 6.07) is 0.0790. The summed E-state index contributed by atoms with van der Waals surface area (Å²) in [6.45, 7) is 14.9. The van der Waals surface area contributed by atoms with Gasteiger partial charge >= 0.3 is 0 Å². The molecule has 6 nitrogen and oxygen atoms in total. The van der Waals surface area contributed by atoms with Crippen molar-refractivity contribution in [1.82, 2.24) is 4.90 Å². The molecule has 0 unspecified atom stereocenters. The SMILES string of the molecule is CCC(O)(CC)[C@H](CSC(C)C)N1CCOCCOCCOCCOCC1. The lowest BCUT2D eigenvalue weighted by atomic mass is 9.88. The topological polar surface area (TPSA) is 60.4 Å². The molecule has 1 rings (SSSR count). The Morgan fingerprint density at radius 1 is 0.815 bits per heavy atom. The van der Waals surface area contributed by atoms with Gasteiger partial charge in [-0.25, -0.2) is 0 Å². The minimum atomic E-state index is -0.697. The van der Waals surface area contributed by atoms with E-state index in [0.29, 0.717) is 58.1 Å². The van der Waals surface area contributed by atoms with E-state index >= 15 is 0 Å². The Labute approximate surface area is 170 Å². The van der Waals surface area contributed by atoms with Crippen LogP contribution in [0, 0.1) is 0 Å². The van der Waals surface area contributed by atoms with E-state index in [1.807, 2.05) is 11.8 Å². The number of hydrogen-bond acceptors (Lipinski definition) is 7. The molecule has 1 fully saturated rings. The quantitative estimate of drug-likeness (QED) is 0.695. The monoisotopic (exact) mass is 407 g/mol. The summed E-state index contributed by atoms with van der Waals surface area (Å²) in [5, 5.41) is 11.8. The molecule has 7 heteroatoms. The van der Waals surface area contributed by atoms with Crippen LogP contribution in [-0.2, 0) is 18.9 Å². The molecular weight excluding hydrogens is 366 g/mol. The molecule has 1 aliphatic heterocycles. The van der Waals surface area contributed by atoms with Crippen LogP contribution >= 0.6 is 11.8 Å². The molecule has 0 aromatic rings. The average Bonchev–Trinajstić information content (AvgIpc) is 2.67. The third-order valence-corrected chi connectivity index (χ3v) is 6.21. The molecule has 27 heavy (non-hydrogen) atoms. The maximum Gasteiger partial charge on any atom is 0.0805 e. The van der Waals surface area contributed by atoms with Crippen LogP contribution in [0.1, 0.15) is 40.5 Å². The van der Waals surface area contributed by atoms with E-state index in [4.69, 9.17) is 18.9 Å². The molecule has 0 bridgehead atoms. The van der Waals surface area contributed by atoms with Gasteiger partial charge < -0.3 is 24.1 Å². The van der Waals surface area contributed by atoms with Gasteiger partial charge in [-0.2, -0.15) is 11.8 Å². The molecule has 162 valence electrons. The van der Waals surface area contributed by atoms with Crippen LogP contribution < -0.4 is 0 Å². The zero-order valence-corrected chi connectivity index (χ0v) is 18.6. The predicted molar refractivity (Wildman–Crippen MR) is 112 cm³/mol. The van der Waals surface area contributed by atoms with Crippen LogP contribution in [0.2, 0.25) is 0 Å². The van der Waals surface area contributed by atoms with E-state index in [0.717, 1.165) is 31.7 Å². The summed E-state index contributed by atoms with van der Waals surface area (Å²) >= 11 is 1.90. The van der Waals surface area contributed by atoms with Crippen LogP contribution in [0.25, 0.3) is 0 Å². The molecule has 0 amide bonds. The highest BCUT2D eigenvalue weighted by Crippen LogP contribution is 2.28. The lowest BCUT2D eigenvalue weighted by Gasteiger charge is -2.42. The number of hydrogen-bond donors (Lipinski definition) is 1. The van der Waals surface area contributed by atoms with Crippen molar-refractivity contribution in [3.63, 3.8) is 0 Å². The number of aliphatic hydroxyl groups is 1. The lowest BCUT2D eigenvalue weighted by molar-refractivity contribution is -0.0588. The summed E-state index contributed by atoms with van der Waals surface area (Å²) in [7, 11) is 0. The second kappa shape index (κ2) is 15.0. The van der Waals surface area contributed by atoms with Crippen LogP contribution in [0.3, 0.4) is 0 Å². The van der Waals surface area contributed by atoms with Gasteiger partial charge in [0.05, 0.1) is 58.5 Å². The molecule has 1 heterocycles. The Morgan fingerprint density at radius 2 is 1.22 bits per heavy atom. The van der Waals surface area contributed by atoms with E-state index in [-0.39, 0.29) is 6.04 Å². The second-order valence-electron chi connectivity index (χ2n) is 7.19. The molecule has 1 atom stereocenters. The summed E-state index contributed by atoms with van der Waals surface area (Å²) in [5.74, 6) is 0.905. The summed E-state index contributed by atoms with van der Waals surface area (Å²) in [6.07, 6.45) is 1.49. The van der Waals surface area contributed by atoms with Crippen molar-refractivity contribution >= 4 is 11.8 Å². The highest BCUT2D eigenvalue weighted by atomic mass is 32.2. The highest BCUT2D eigenvalue weighted by molar-refractivity contribution is 7.99. The van der Waals surface area contributed by atoms with Gasteiger partial charge in [-0.3, -0.25) is 4.90 Å². The van der Waals surface area contributed by atoms with Crippen molar-refractivity contribution < 1.29 is 24.1 Å². The Kier molecular flexibility index (Phi) is 14.0. The molecule has 0 aromatic heterocycles. The predicted octanol–water partition coefficient (Wildman–Crippen LogP) is 2.43. The van der Waals surface area contributed by atoms with Crippen molar-refractivity contribution in [2.45, 2.75) is 57.4 Å². The Bertz CT molecular complexity index is 339. The van der Waals surface area contributed by atoms with Gasteiger partial charge in [0.15, 0.2) is 0 Å². The van der Waals surface area contributed by atoms with Crippen molar-refractivity contribution in [2.75, 3.05) is 71.7 Å². The van der Waals surface area contributed by atoms with E-state index in [2.05, 4.69) is 32.6 Å². The van der Waals surface area contributed by atoms with Crippen molar-refractivity contribution in [3.05, 3.63) is 0 Å². The van der Waals surface area contributed by atoms with Gasteiger partial charge in [-0.05, 0) is 18.1 Å². The van der Waals surface area contributed by atoms with Crippen LogP contribution in [0.4, 0.5) is 0 Å². The third-order valence-electron chi connectivity index (χ3n) is 5.03. The van der Waals surface area contributed by atoms with E-state index in [1.54, 1.807) is 0 Å². The Balaban J connectivity index is 2.77. The maximum absolute atomic E-state index is 11.3. The number of ether oxygens (including phenoxy) is 4. The first-order chi connectivity index (χ1) is 13.0. The number of nitrogens with zero attached hydrogens (tertiary/aromatic N) is 1. The molecular formula is C20H41NO5S. The summed E-state index contributed by atoms with van der Waals surface area (Å²) < 4.78 is 22.5. The zero-order chi connectivity index (χ0) is 20.0. The third kappa shape index (κ3) is 10.5. The highest BCUT2D eigenvalue weighted by Gasteiger charge is 2.37. The largest absolute Gasteiger partial charge is 0.388 e. The lowest BCUT2D eigenvalue weighted by Crippen LogP contribution is -2.55. The summed E-state index contributed by atoms with van der Waals surface area (Å²) in [4.78, 5) is 2.35. The molecule has 0 saturated carbocycles. The van der Waals surface area contributed by atoms with Crippen LogP contribution in [0.5, 0.6) is 0 Å². The van der Waals surface area contributed by atoms with Gasteiger partial charge in [0, 0.05) is 24.9 Å². The molecule has 1 aliphatic rings. The Hall–Kier alpha value is 0.110. The van der Waals surface area contributed by atoms with Gasteiger partial charge in [-0.15, -0.1) is 0 Å². The number of rotatable bonds is 7. The molecule has 0 radical (unpaired) electrons. The van der Waals surface area contributed by atoms with Crippen LogP contribution in [0.15, 0.2) is 0 Å². The van der Waals surface area contributed by atoms with Gasteiger partial charge in [-0.1, -0.05) is 27.7 Å². The number of thioether (sulfide) groups is 1. The van der Waals surface area contributed by atoms with E-state index < -0.39 is 5.60 Å². The minimum absolute atomic E-state index is 0.0790. The standard InChI is InChI=1S/C20H41NO5S/c1-5-20(22,6-2)19(17-27-18(3)4)21-7-9-23-11-13-25-15-16-26-14-12-24-10-8-21/h18-19,22H,5-17H2,1-4H3/t19-/m0/s1. The molecule has 0 aromatic carbocycles. The molecule has 1 N–H and O–H groups in total. The molecule has 0 aliphatic carbocycles. The fourth-order valence-electron chi connectivity index (χ4n) is 3.15. The normalized spacial score (nSPS) is 21.6. The first-order valence-electron chi connectivity index (χ1n) is 10.4. The fourth-order valence-corrected chi connectivity index (χ4v) is 4.24. The van der Waals surface area contributed by atoms with Gasteiger partial charge in [0.25, 0.3) is 0 Å². The first kappa shape index (κ1) is 25.1. The van der Waals surface area contributed by atoms with E-state index in [9.17, 15) is 5.11 Å². The summed E-state index contributed by atoms with van der Waals surface area (Å²) in [5.41, 5.74) is -0.697. The smallest absolute Gasteiger partial charge is 0.0805 e. The van der Waals surface area contributed by atoms with E-state index in [1.165, 1.54) is 0 Å². The Morgan fingerprint density at radius 3 is 1.59 bits per heavy atom. The maximum atomic E-state index is 11.3. The van der Waals surface area contributed by atoms with Crippen molar-refractivity contribution in [3.8, 4) is 0 Å². The second-order valence-corrected chi connectivity index (χ2v) is 8.80. The molecule has 0 spiro atoms. The van der Waals surface area contributed by atoms with Gasteiger partial charge in [0.1, 0.15) is 0 Å². The molecule has 1 saturated heterocycles. The fraction of sp³-hybridized carbons (Fsp3) is 1.00. The van der Waals surface area contributed by atoms with Gasteiger partial charge in [0.2, 0.25) is 0 Å². The van der Waals surface area contributed by atoms with Crippen molar-refractivity contribution in [2.24, 2.45) is 0 Å². The van der Waals surface area contributed by atoms with Crippen LogP contribution in [-0.4, -0.2) is 98.6 Å². The van der Waals surface area contributed by atoms with Crippen molar-refractivity contribution in [1.29, 1.82) is 0 Å². The average molecular weight is 408 g/mol.